The van der Waals surface area contributed by atoms with Crippen molar-refractivity contribution in [3.8, 4) is 0 Å². The second-order valence-electron chi connectivity index (χ2n) is 6.40. The molecule has 24 heavy (non-hydrogen) atoms. The molecule has 0 aliphatic carbocycles. The van der Waals surface area contributed by atoms with Gasteiger partial charge in [0.1, 0.15) is 0 Å². The summed E-state index contributed by atoms with van der Waals surface area (Å²) in [7, 11) is 0. The first-order valence-electron chi connectivity index (χ1n) is 8.80. The number of morpholine rings is 1. The summed E-state index contributed by atoms with van der Waals surface area (Å²) in [5.74, 6) is 0.867. The van der Waals surface area contributed by atoms with Crippen LogP contribution >= 0.6 is 0 Å². The van der Waals surface area contributed by atoms with Crippen molar-refractivity contribution in [2.45, 2.75) is 25.8 Å². The van der Waals surface area contributed by atoms with E-state index in [2.05, 4.69) is 32.3 Å². The van der Waals surface area contributed by atoms with E-state index in [1.54, 1.807) is 6.20 Å². The van der Waals surface area contributed by atoms with E-state index in [0.717, 1.165) is 50.9 Å². The molecule has 1 aromatic rings. The Kier molecular flexibility index (Phi) is 5.87. The molecular weight excluding hydrogens is 306 g/mol. The van der Waals surface area contributed by atoms with Crippen LogP contribution in [0.3, 0.4) is 0 Å². The van der Waals surface area contributed by atoms with Crippen molar-refractivity contribution in [2.24, 2.45) is 0 Å². The number of pyridine rings is 1. The van der Waals surface area contributed by atoms with Crippen LogP contribution in [0.5, 0.6) is 0 Å². The lowest BCUT2D eigenvalue weighted by atomic mass is 10.2. The SMILES string of the molecule is C[C@@H](CNC(=O)Nc1cccnc1N1CCCC1)N1CCOCC1. The van der Waals surface area contributed by atoms with E-state index in [0.29, 0.717) is 12.6 Å². The van der Waals surface area contributed by atoms with Crippen molar-refractivity contribution in [3.63, 3.8) is 0 Å². The van der Waals surface area contributed by atoms with Gasteiger partial charge in [-0.05, 0) is 31.9 Å². The van der Waals surface area contributed by atoms with Crippen molar-refractivity contribution < 1.29 is 9.53 Å². The first-order chi connectivity index (χ1) is 11.7. The molecule has 2 saturated heterocycles. The Morgan fingerprint density at radius 2 is 2.04 bits per heavy atom. The van der Waals surface area contributed by atoms with Crippen LogP contribution in [0.4, 0.5) is 16.3 Å². The zero-order valence-electron chi connectivity index (χ0n) is 14.3. The number of amides is 2. The number of nitrogens with one attached hydrogen (secondary N) is 2. The van der Waals surface area contributed by atoms with Crippen LogP contribution in [-0.2, 0) is 4.74 Å². The Morgan fingerprint density at radius 3 is 2.79 bits per heavy atom. The van der Waals surface area contributed by atoms with E-state index < -0.39 is 0 Å². The molecule has 0 bridgehead atoms. The van der Waals surface area contributed by atoms with Gasteiger partial charge < -0.3 is 20.3 Å². The van der Waals surface area contributed by atoms with Gasteiger partial charge in [-0.25, -0.2) is 9.78 Å². The summed E-state index contributed by atoms with van der Waals surface area (Å²) < 4.78 is 5.36. The third-order valence-electron chi connectivity index (χ3n) is 4.67. The molecule has 132 valence electrons. The fourth-order valence-electron chi connectivity index (χ4n) is 3.23. The number of hydrogen-bond acceptors (Lipinski definition) is 5. The Hall–Kier alpha value is -1.86. The summed E-state index contributed by atoms with van der Waals surface area (Å²) in [4.78, 5) is 21.3. The van der Waals surface area contributed by atoms with Gasteiger partial charge in [-0.2, -0.15) is 0 Å². The van der Waals surface area contributed by atoms with Crippen LogP contribution in [0.25, 0.3) is 0 Å². The lowest BCUT2D eigenvalue weighted by molar-refractivity contribution is 0.0209. The van der Waals surface area contributed by atoms with Gasteiger partial charge in [0.25, 0.3) is 0 Å². The predicted molar refractivity (Wildman–Crippen MR) is 94.6 cm³/mol. The van der Waals surface area contributed by atoms with Gasteiger partial charge in [-0.15, -0.1) is 0 Å². The summed E-state index contributed by atoms with van der Waals surface area (Å²) >= 11 is 0. The highest BCUT2D eigenvalue weighted by Gasteiger charge is 2.19. The molecular formula is C17H27N5O2. The summed E-state index contributed by atoms with van der Waals surface area (Å²) in [5, 5.41) is 5.92. The minimum atomic E-state index is -0.177. The summed E-state index contributed by atoms with van der Waals surface area (Å²) in [5.41, 5.74) is 0.774. The molecule has 1 atom stereocenters. The van der Waals surface area contributed by atoms with Crippen LogP contribution < -0.4 is 15.5 Å². The van der Waals surface area contributed by atoms with E-state index in [9.17, 15) is 4.79 Å². The number of anilines is 2. The summed E-state index contributed by atoms with van der Waals surface area (Å²) in [6, 6.07) is 3.88. The molecule has 2 N–H and O–H groups in total. The molecule has 2 amide bonds. The lowest BCUT2D eigenvalue weighted by Crippen LogP contribution is -2.47. The minimum absolute atomic E-state index is 0.177. The van der Waals surface area contributed by atoms with Crippen LogP contribution in [0, 0.1) is 0 Å². The van der Waals surface area contributed by atoms with E-state index in [-0.39, 0.29) is 6.03 Å². The van der Waals surface area contributed by atoms with Crippen LogP contribution in [-0.4, -0.2) is 67.9 Å². The maximum absolute atomic E-state index is 12.3. The van der Waals surface area contributed by atoms with Crippen LogP contribution in [0.15, 0.2) is 18.3 Å². The molecule has 7 nitrogen and oxygen atoms in total. The zero-order chi connectivity index (χ0) is 16.8. The number of hydrogen-bond donors (Lipinski definition) is 2. The molecule has 0 saturated carbocycles. The molecule has 0 spiro atoms. The summed E-state index contributed by atoms with van der Waals surface area (Å²) in [6.07, 6.45) is 4.13. The molecule has 2 aliphatic heterocycles. The molecule has 0 aromatic carbocycles. The fraction of sp³-hybridized carbons (Fsp3) is 0.647. The molecule has 0 radical (unpaired) electrons. The molecule has 0 unspecified atom stereocenters. The van der Waals surface area contributed by atoms with Gasteiger partial charge >= 0.3 is 6.03 Å². The van der Waals surface area contributed by atoms with Gasteiger partial charge in [-0.1, -0.05) is 0 Å². The van der Waals surface area contributed by atoms with Crippen LogP contribution in [0.1, 0.15) is 19.8 Å². The van der Waals surface area contributed by atoms with Crippen molar-refractivity contribution >= 4 is 17.5 Å². The van der Waals surface area contributed by atoms with Crippen molar-refractivity contribution in [1.82, 2.24) is 15.2 Å². The molecule has 7 heteroatoms. The Bertz CT molecular complexity index is 542. The van der Waals surface area contributed by atoms with Crippen molar-refractivity contribution in [2.75, 3.05) is 56.2 Å². The van der Waals surface area contributed by atoms with Crippen LogP contribution in [0.2, 0.25) is 0 Å². The van der Waals surface area contributed by atoms with E-state index in [4.69, 9.17) is 4.74 Å². The second kappa shape index (κ2) is 8.30. The number of carbonyl (C=O) groups is 1. The third-order valence-corrected chi connectivity index (χ3v) is 4.67. The Balaban J connectivity index is 1.51. The smallest absolute Gasteiger partial charge is 0.319 e. The maximum atomic E-state index is 12.3. The largest absolute Gasteiger partial charge is 0.379 e. The average molecular weight is 333 g/mol. The van der Waals surface area contributed by atoms with E-state index in [1.807, 2.05) is 12.1 Å². The van der Waals surface area contributed by atoms with Gasteiger partial charge in [-0.3, -0.25) is 4.90 Å². The van der Waals surface area contributed by atoms with Gasteiger partial charge in [0, 0.05) is 45.0 Å². The van der Waals surface area contributed by atoms with Gasteiger partial charge in [0.05, 0.1) is 18.9 Å². The fourth-order valence-corrected chi connectivity index (χ4v) is 3.23. The highest BCUT2D eigenvalue weighted by atomic mass is 16.5. The topological polar surface area (TPSA) is 69.7 Å². The van der Waals surface area contributed by atoms with Gasteiger partial charge in [0.2, 0.25) is 0 Å². The molecule has 2 aliphatic rings. The van der Waals surface area contributed by atoms with Crippen molar-refractivity contribution in [1.29, 1.82) is 0 Å². The molecule has 1 aromatic heterocycles. The second-order valence-corrected chi connectivity index (χ2v) is 6.40. The molecule has 3 rings (SSSR count). The number of rotatable bonds is 5. The van der Waals surface area contributed by atoms with E-state index in [1.165, 1.54) is 12.8 Å². The van der Waals surface area contributed by atoms with E-state index >= 15 is 0 Å². The Morgan fingerprint density at radius 1 is 1.29 bits per heavy atom. The van der Waals surface area contributed by atoms with Gasteiger partial charge in [0.15, 0.2) is 5.82 Å². The third kappa shape index (κ3) is 4.36. The standard InChI is InChI=1S/C17H27N5O2/c1-14(21-9-11-24-12-10-21)13-19-17(23)20-15-5-4-6-18-16(15)22-7-2-3-8-22/h4-6,14H,2-3,7-13H2,1H3,(H2,19,20,23)/t14-/m0/s1. The number of urea groups is 1. The quantitative estimate of drug-likeness (QED) is 0.855. The highest BCUT2D eigenvalue weighted by Crippen LogP contribution is 2.25. The molecule has 3 heterocycles. The minimum Gasteiger partial charge on any atom is -0.379 e. The number of aromatic nitrogens is 1. The van der Waals surface area contributed by atoms with Crippen molar-refractivity contribution in [3.05, 3.63) is 18.3 Å². The predicted octanol–water partition coefficient (Wildman–Crippen LogP) is 1.52. The first-order valence-corrected chi connectivity index (χ1v) is 8.80. The maximum Gasteiger partial charge on any atom is 0.319 e. The Labute approximate surface area is 143 Å². The normalized spacial score (nSPS) is 20.0. The first kappa shape index (κ1) is 17.0. The summed E-state index contributed by atoms with van der Waals surface area (Å²) in [6.45, 7) is 8.13. The zero-order valence-corrected chi connectivity index (χ0v) is 14.3. The number of ether oxygens (including phenoxy) is 1. The average Bonchev–Trinajstić information content (AvgIpc) is 3.15. The molecule has 2 fully saturated rings. The monoisotopic (exact) mass is 333 g/mol. The number of carbonyl (C=O) groups excluding carboxylic acids is 1. The lowest BCUT2D eigenvalue weighted by Gasteiger charge is -2.32. The highest BCUT2D eigenvalue weighted by molar-refractivity contribution is 5.92. The number of nitrogens with zero attached hydrogens (tertiary/aromatic N) is 3.